The van der Waals surface area contributed by atoms with Crippen LogP contribution >= 0.6 is 11.8 Å². The van der Waals surface area contributed by atoms with E-state index in [1.165, 1.54) is 10.6 Å². The molecule has 1 heterocycles. The molecular formula is C12H15NS. The Kier molecular flexibility index (Phi) is 2.92. The van der Waals surface area contributed by atoms with Gasteiger partial charge in [0.05, 0.1) is 11.1 Å². The molecule has 0 spiro atoms. The summed E-state index contributed by atoms with van der Waals surface area (Å²) in [6, 6.07) is 11.0. The Morgan fingerprint density at radius 1 is 1.21 bits per heavy atom. The Balaban J connectivity index is 2.03. The van der Waals surface area contributed by atoms with Crippen LogP contribution in [-0.4, -0.2) is 16.3 Å². The average Bonchev–Trinajstić information content (AvgIpc) is 2.47. The molecule has 1 aliphatic heterocycles. The molecule has 0 aliphatic carbocycles. The summed E-state index contributed by atoms with van der Waals surface area (Å²) in [6.07, 6.45) is 1.00. The van der Waals surface area contributed by atoms with Crippen LogP contribution < -0.4 is 0 Å². The topological polar surface area (TPSA) is 12.4 Å². The van der Waals surface area contributed by atoms with Crippen LogP contribution in [0.3, 0.4) is 0 Å². The quantitative estimate of drug-likeness (QED) is 0.722. The van der Waals surface area contributed by atoms with Crippen LogP contribution in [0.4, 0.5) is 0 Å². The van der Waals surface area contributed by atoms with E-state index >= 15 is 0 Å². The second kappa shape index (κ2) is 4.18. The summed E-state index contributed by atoms with van der Waals surface area (Å²) in [5.74, 6) is 0. The van der Waals surface area contributed by atoms with Gasteiger partial charge >= 0.3 is 0 Å². The van der Waals surface area contributed by atoms with Gasteiger partial charge in [0, 0.05) is 11.7 Å². The molecule has 2 heteroatoms. The van der Waals surface area contributed by atoms with Crippen molar-refractivity contribution >= 4 is 16.8 Å². The molecule has 2 atom stereocenters. The molecule has 2 rings (SSSR count). The van der Waals surface area contributed by atoms with Crippen molar-refractivity contribution in [2.75, 3.05) is 0 Å². The van der Waals surface area contributed by atoms with Gasteiger partial charge in [-0.05, 0) is 12.5 Å². The van der Waals surface area contributed by atoms with E-state index in [0.29, 0.717) is 11.3 Å². The number of hydrogen-bond acceptors (Lipinski definition) is 2. The maximum absolute atomic E-state index is 4.64. The first-order chi connectivity index (χ1) is 6.75. The van der Waals surface area contributed by atoms with Gasteiger partial charge in [0.25, 0.3) is 0 Å². The Bertz CT molecular complexity index is 331. The van der Waals surface area contributed by atoms with Crippen LogP contribution in [0.15, 0.2) is 35.3 Å². The minimum absolute atomic E-state index is 0.485. The number of rotatable bonds is 2. The lowest BCUT2D eigenvalue weighted by Gasteiger charge is -2.03. The predicted octanol–water partition coefficient (Wildman–Crippen LogP) is 3.15. The highest BCUT2D eigenvalue weighted by atomic mass is 32.2. The molecule has 1 aliphatic rings. The van der Waals surface area contributed by atoms with Crippen molar-refractivity contribution in [3.8, 4) is 0 Å². The van der Waals surface area contributed by atoms with Gasteiger partial charge in [0.1, 0.15) is 0 Å². The van der Waals surface area contributed by atoms with E-state index in [1.807, 2.05) is 11.8 Å². The van der Waals surface area contributed by atoms with Crippen LogP contribution in [0.2, 0.25) is 0 Å². The highest BCUT2D eigenvalue weighted by Crippen LogP contribution is 2.27. The first kappa shape index (κ1) is 9.78. The Labute approximate surface area is 89.6 Å². The standard InChI is InChI=1S/C12H15NS/c1-9-10(2)14-12(13-9)8-11-6-4-3-5-7-11/h3-7,9-10H,8H2,1-2H3/t9-,10-/m0/s1. The van der Waals surface area contributed by atoms with Crippen LogP contribution in [0, 0.1) is 0 Å². The van der Waals surface area contributed by atoms with Gasteiger partial charge in [0.2, 0.25) is 0 Å². The Morgan fingerprint density at radius 2 is 1.93 bits per heavy atom. The van der Waals surface area contributed by atoms with E-state index in [9.17, 15) is 0 Å². The minimum atomic E-state index is 0.485. The zero-order valence-corrected chi connectivity index (χ0v) is 9.42. The average molecular weight is 205 g/mol. The van der Waals surface area contributed by atoms with E-state index in [4.69, 9.17) is 0 Å². The number of benzene rings is 1. The summed E-state index contributed by atoms with van der Waals surface area (Å²) >= 11 is 1.92. The summed E-state index contributed by atoms with van der Waals surface area (Å²) in [6.45, 7) is 4.44. The second-order valence-electron chi connectivity index (χ2n) is 3.75. The van der Waals surface area contributed by atoms with Crippen molar-refractivity contribution in [2.24, 2.45) is 4.99 Å². The zero-order chi connectivity index (χ0) is 9.97. The highest BCUT2D eigenvalue weighted by Gasteiger charge is 2.21. The van der Waals surface area contributed by atoms with Gasteiger partial charge in [-0.3, -0.25) is 4.99 Å². The predicted molar refractivity (Wildman–Crippen MR) is 64.1 cm³/mol. The van der Waals surface area contributed by atoms with Crippen LogP contribution in [0.1, 0.15) is 19.4 Å². The Hall–Kier alpha value is -0.760. The third-order valence-corrected chi connectivity index (χ3v) is 3.83. The van der Waals surface area contributed by atoms with Crippen molar-refractivity contribution in [3.63, 3.8) is 0 Å². The molecule has 74 valence electrons. The third kappa shape index (κ3) is 2.18. The summed E-state index contributed by atoms with van der Waals surface area (Å²) in [7, 11) is 0. The van der Waals surface area contributed by atoms with E-state index in [-0.39, 0.29) is 0 Å². The van der Waals surface area contributed by atoms with Gasteiger partial charge in [-0.25, -0.2) is 0 Å². The summed E-state index contributed by atoms with van der Waals surface area (Å²) in [4.78, 5) is 4.64. The maximum Gasteiger partial charge on any atom is 0.0726 e. The third-order valence-electron chi connectivity index (χ3n) is 2.55. The molecular weight excluding hydrogens is 190 g/mol. The summed E-state index contributed by atoms with van der Waals surface area (Å²) in [5.41, 5.74) is 1.36. The maximum atomic E-state index is 4.64. The molecule has 0 saturated carbocycles. The number of nitrogens with zero attached hydrogens (tertiary/aromatic N) is 1. The molecule has 1 aromatic carbocycles. The first-order valence-corrected chi connectivity index (χ1v) is 5.91. The van der Waals surface area contributed by atoms with E-state index in [0.717, 1.165) is 6.42 Å². The minimum Gasteiger partial charge on any atom is -0.278 e. The van der Waals surface area contributed by atoms with E-state index in [1.54, 1.807) is 0 Å². The van der Waals surface area contributed by atoms with Crippen molar-refractivity contribution in [1.29, 1.82) is 0 Å². The molecule has 0 radical (unpaired) electrons. The van der Waals surface area contributed by atoms with Crippen molar-refractivity contribution < 1.29 is 0 Å². The van der Waals surface area contributed by atoms with Crippen LogP contribution in [-0.2, 0) is 6.42 Å². The number of thioether (sulfide) groups is 1. The van der Waals surface area contributed by atoms with Crippen molar-refractivity contribution in [2.45, 2.75) is 31.6 Å². The molecule has 0 N–H and O–H groups in total. The smallest absolute Gasteiger partial charge is 0.0726 e. The van der Waals surface area contributed by atoms with Gasteiger partial charge < -0.3 is 0 Å². The summed E-state index contributed by atoms with van der Waals surface area (Å²) in [5, 5.41) is 1.94. The lowest BCUT2D eigenvalue weighted by molar-refractivity contribution is 0.748. The fraction of sp³-hybridized carbons (Fsp3) is 0.417. The second-order valence-corrected chi connectivity index (χ2v) is 5.20. The SMILES string of the molecule is C[C@@H]1N=C(Cc2ccccc2)S[C@H]1C. The van der Waals surface area contributed by atoms with Crippen LogP contribution in [0.25, 0.3) is 0 Å². The van der Waals surface area contributed by atoms with Crippen LogP contribution in [0.5, 0.6) is 0 Å². The van der Waals surface area contributed by atoms with Gasteiger partial charge in [-0.2, -0.15) is 0 Å². The molecule has 0 amide bonds. The van der Waals surface area contributed by atoms with E-state index in [2.05, 4.69) is 49.2 Å². The first-order valence-electron chi connectivity index (χ1n) is 5.03. The molecule has 0 aromatic heterocycles. The molecule has 1 nitrogen and oxygen atoms in total. The molecule has 0 saturated heterocycles. The fourth-order valence-electron chi connectivity index (χ4n) is 1.53. The largest absolute Gasteiger partial charge is 0.278 e. The molecule has 14 heavy (non-hydrogen) atoms. The normalized spacial score (nSPS) is 26.3. The van der Waals surface area contributed by atoms with Crippen molar-refractivity contribution in [3.05, 3.63) is 35.9 Å². The molecule has 0 bridgehead atoms. The van der Waals surface area contributed by atoms with Gasteiger partial charge in [-0.1, -0.05) is 37.3 Å². The number of aliphatic imine (C=N–C) groups is 1. The monoisotopic (exact) mass is 205 g/mol. The summed E-state index contributed by atoms with van der Waals surface area (Å²) < 4.78 is 0. The molecule has 0 fully saturated rings. The fourth-order valence-corrected chi connectivity index (χ4v) is 2.70. The molecule has 0 unspecified atom stereocenters. The highest BCUT2D eigenvalue weighted by molar-refractivity contribution is 8.14. The van der Waals surface area contributed by atoms with Crippen molar-refractivity contribution in [1.82, 2.24) is 0 Å². The lowest BCUT2D eigenvalue weighted by atomic mass is 10.2. The van der Waals surface area contributed by atoms with Gasteiger partial charge in [0.15, 0.2) is 0 Å². The van der Waals surface area contributed by atoms with Gasteiger partial charge in [-0.15, -0.1) is 11.8 Å². The number of hydrogen-bond donors (Lipinski definition) is 0. The lowest BCUT2D eigenvalue weighted by Crippen LogP contribution is -2.07. The van der Waals surface area contributed by atoms with E-state index < -0.39 is 0 Å². The zero-order valence-electron chi connectivity index (χ0n) is 8.60. The Morgan fingerprint density at radius 3 is 2.50 bits per heavy atom. The molecule has 1 aromatic rings.